The van der Waals surface area contributed by atoms with E-state index in [4.69, 9.17) is 11.5 Å². The van der Waals surface area contributed by atoms with Crippen LogP contribution in [0, 0.1) is 0 Å². The highest BCUT2D eigenvalue weighted by Crippen LogP contribution is 2.17. The number of para-hydroxylation sites is 1. The second-order valence-electron chi connectivity index (χ2n) is 3.75. The minimum atomic E-state index is 0.516. The number of nitrogens with two attached hydrogens (primary N) is 2. The van der Waals surface area contributed by atoms with Gasteiger partial charge in [-0.05, 0) is 31.6 Å². The lowest BCUT2D eigenvalue weighted by Crippen LogP contribution is -2.16. The van der Waals surface area contributed by atoms with Gasteiger partial charge < -0.3 is 16.4 Å². The van der Waals surface area contributed by atoms with E-state index >= 15 is 0 Å². The zero-order valence-corrected chi connectivity index (χ0v) is 8.96. The Morgan fingerprint density at radius 1 is 1.21 bits per heavy atom. The molecule has 0 aliphatic carbocycles. The SMILES string of the molecule is CN(C)CCc1cccc(CN)c1N. The van der Waals surface area contributed by atoms with Gasteiger partial charge in [-0.3, -0.25) is 0 Å². The molecular formula is C11H19N3. The van der Waals surface area contributed by atoms with Gasteiger partial charge in [0, 0.05) is 18.8 Å². The maximum Gasteiger partial charge on any atom is 0.0392 e. The number of hydrogen-bond acceptors (Lipinski definition) is 3. The topological polar surface area (TPSA) is 55.3 Å². The largest absolute Gasteiger partial charge is 0.398 e. The van der Waals surface area contributed by atoms with Gasteiger partial charge in [-0.25, -0.2) is 0 Å². The van der Waals surface area contributed by atoms with Gasteiger partial charge in [-0.2, -0.15) is 0 Å². The molecule has 1 aromatic carbocycles. The molecule has 0 bridgehead atoms. The molecule has 3 heteroatoms. The third-order valence-electron chi connectivity index (χ3n) is 2.33. The Morgan fingerprint density at radius 2 is 1.86 bits per heavy atom. The molecule has 0 saturated heterocycles. The Kier molecular flexibility index (Phi) is 3.92. The van der Waals surface area contributed by atoms with Crippen molar-refractivity contribution in [1.29, 1.82) is 0 Å². The molecule has 0 atom stereocenters. The van der Waals surface area contributed by atoms with Crippen LogP contribution in [0.1, 0.15) is 11.1 Å². The molecule has 0 radical (unpaired) electrons. The van der Waals surface area contributed by atoms with Gasteiger partial charge in [0.1, 0.15) is 0 Å². The van der Waals surface area contributed by atoms with Crippen molar-refractivity contribution in [2.45, 2.75) is 13.0 Å². The van der Waals surface area contributed by atoms with Crippen LogP contribution in [0.25, 0.3) is 0 Å². The predicted octanol–water partition coefficient (Wildman–Crippen LogP) is 0.832. The Balaban J connectivity index is 2.76. The van der Waals surface area contributed by atoms with Crippen molar-refractivity contribution < 1.29 is 0 Å². The van der Waals surface area contributed by atoms with Crippen molar-refractivity contribution in [2.24, 2.45) is 5.73 Å². The molecule has 4 N–H and O–H groups in total. The minimum Gasteiger partial charge on any atom is -0.398 e. The van der Waals surface area contributed by atoms with Crippen LogP contribution in [-0.4, -0.2) is 25.5 Å². The fourth-order valence-electron chi connectivity index (χ4n) is 1.41. The van der Waals surface area contributed by atoms with Crippen LogP contribution in [0.15, 0.2) is 18.2 Å². The van der Waals surface area contributed by atoms with Crippen LogP contribution in [-0.2, 0) is 13.0 Å². The third-order valence-corrected chi connectivity index (χ3v) is 2.33. The Bertz CT molecular complexity index is 295. The standard InChI is InChI=1S/C11H19N3/c1-14(2)7-6-9-4-3-5-10(8-12)11(9)13/h3-5H,6-8,12-13H2,1-2H3. The number of nitrogen functional groups attached to an aromatic ring is 1. The van der Waals surface area contributed by atoms with E-state index in [9.17, 15) is 0 Å². The number of benzene rings is 1. The molecule has 78 valence electrons. The summed E-state index contributed by atoms with van der Waals surface area (Å²) < 4.78 is 0. The van der Waals surface area contributed by atoms with Crippen LogP contribution in [0.3, 0.4) is 0 Å². The van der Waals surface area contributed by atoms with Gasteiger partial charge in [0.15, 0.2) is 0 Å². The summed E-state index contributed by atoms with van der Waals surface area (Å²) in [7, 11) is 4.12. The Morgan fingerprint density at radius 3 is 2.43 bits per heavy atom. The Labute approximate surface area is 85.7 Å². The average molecular weight is 193 g/mol. The summed E-state index contributed by atoms with van der Waals surface area (Å²) in [5, 5.41) is 0. The zero-order chi connectivity index (χ0) is 10.6. The van der Waals surface area contributed by atoms with E-state index < -0.39 is 0 Å². The molecular weight excluding hydrogens is 174 g/mol. The lowest BCUT2D eigenvalue weighted by molar-refractivity contribution is 0.414. The monoisotopic (exact) mass is 193 g/mol. The molecule has 0 aliphatic heterocycles. The first kappa shape index (κ1) is 11.0. The number of hydrogen-bond donors (Lipinski definition) is 2. The highest BCUT2D eigenvalue weighted by Gasteiger charge is 2.03. The van der Waals surface area contributed by atoms with E-state index in [1.54, 1.807) is 0 Å². The van der Waals surface area contributed by atoms with Crippen molar-refractivity contribution in [3.63, 3.8) is 0 Å². The number of likely N-dealkylation sites (N-methyl/N-ethyl adjacent to an activating group) is 1. The smallest absolute Gasteiger partial charge is 0.0392 e. The summed E-state index contributed by atoms with van der Waals surface area (Å²) in [5.41, 5.74) is 14.7. The van der Waals surface area contributed by atoms with Crippen molar-refractivity contribution in [1.82, 2.24) is 4.90 Å². The van der Waals surface area contributed by atoms with Crippen molar-refractivity contribution >= 4 is 5.69 Å². The summed E-state index contributed by atoms with van der Waals surface area (Å²) in [5.74, 6) is 0. The van der Waals surface area contributed by atoms with Crippen LogP contribution < -0.4 is 11.5 Å². The molecule has 0 spiro atoms. The van der Waals surface area contributed by atoms with E-state index in [-0.39, 0.29) is 0 Å². The van der Waals surface area contributed by atoms with E-state index in [1.807, 2.05) is 12.1 Å². The molecule has 14 heavy (non-hydrogen) atoms. The maximum atomic E-state index is 5.98. The van der Waals surface area contributed by atoms with Gasteiger partial charge in [-0.1, -0.05) is 18.2 Å². The summed E-state index contributed by atoms with van der Waals surface area (Å²) in [6.07, 6.45) is 0.979. The van der Waals surface area contributed by atoms with Gasteiger partial charge in [0.2, 0.25) is 0 Å². The molecule has 0 aliphatic rings. The molecule has 0 aromatic heterocycles. The summed E-state index contributed by atoms with van der Waals surface area (Å²) in [6, 6.07) is 6.07. The number of nitrogens with zero attached hydrogens (tertiary/aromatic N) is 1. The Hall–Kier alpha value is -1.06. The normalized spacial score (nSPS) is 10.9. The van der Waals surface area contributed by atoms with Crippen molar-refractivity contribution in [3.05, 3.63) is 29.3 Å². The van der Waals surface area contributed by atoms with E-state index in [0.29, 0.717) is 6.54 Å². The summed E-state index contributed by atoms with van der Waals surface area (Å²) >= 11 is 0. The molecule has 0 amide bonds. The van der Waals surface area contributed by atoms with Gasteiger partial charge >= 0.3 is 0 Å². The lowest BCUT2D eigenvalue weighted by atomic mass is 10.0. The molecule has 1 rings (SSSR count). The third kappa shape index (κ3) is 2.72. The highest BCUT2D eigenvalue weighted by molar-refractivity contribution is 5.53. The van der Waals surface area contributed by atoms with Crippen molar-refractivity contribution in [3.8, 4) is 0 Å². The van der Waals surface area contributed by atoms with Crippen molar-refractivity contribution in [2.75, 3.05) is 26.4 Å². The predicted molar refractivity (Wildman–Crippen MR) is 61.0 cm³/mol. The van der Waals surface area contributed by atoms with Gasteiger partial charge in [0.05, 0.1) is 0 Å². The number of rotatable bonds is 4. The average Bonchev–Trinajstić information content (AvgIpc) is 2.16. The van der Waals surface area contributed by atoms with E-state index in [2.05, 4.69) is 25.1 Å². The molecule has 0 unspecified atom stereocenters. The molecule has 1 aromatic rings. The zero-order valence-electron chi connectivity index (χ0n) is 8.96. The first-order chi connectivity index (χ1) is 6.65. The fraction of sp³-hybridized carbons (Fsp3) is 0.455. The fourth-order valence-corrected chi connectivity index (χ4v) is 1.41. The lowest BCUT2D eigenvalue weighted by Gasteiger charge is -2.12. The van der Waals surface area contributed by atoms with Gasteiger partial charge in [0.25, 0.3) is 0 Å². The van der Waals surface area contributed by atoms with E-state index in [0.717, 1.165) is 24.2 Å². The van der Waals surface area contributed by atoms with Crippen LogP contribution in [0.5, 0.6) is 0 Å². The second kappa shape index (κ2) is 4.98. The molecule has 0 saturated carbocycles. The summed E-state index contributed by atoms with van der Waals surface area (Å²) in [4.78, 5) is 2.15. The molecule has 0 heterocycles. The van der Waals surface area contributed by atoms with Crippen LogP contribution in [0.2, 0.25) is 0 Å². The second-order valence-corrected chi connectivity index (χ2v) is 3.75. The first-order valence-electron chi connectivity index (χ1n) is 4.86. The minimum absolute atomic E-state index is 0.516. The highest BCUT2D eigenvalue weighted by atomic mass is 15.0. The van der Waals surface area contributed by atoms with Gasteiger partial charge in [-0.15, -0.1) is 0 Å². The van der Waals surface area contributed by atoms with Crippen LogP contribution >= 0.6 is 0 Å². The summed E-state index contributed by atoms with van der Waals surface area (Å²) in [6.45, 7) is 1.53. The van der Waals surface area contributed by atoms with E-state index in [1.165, 1.54) is 5.56 Å². The first-order valence-corrected chi connectivity index (χ1v) is 4.86. The molecule has 0 fully saturated rings. The molecule has 3 nitrogen and oxygen atoms in total. The number of anilines is 1. The quantitative estimate of drug-likeness (QED) is 0.696. The maximum absolute atomic E-state index is 5.98. The van der Waals surface area contributed by atoms with Crippen LogP contribution in [0.4, 0.5) is 5.69 Å².